The van der Waals surface area contributed by atoms with Gasteiger partial charge in [-0.15, -0.1) is 0 Å². The summed E-state index contributed by atoms with van der Waals surface area (Å²) < 4.78 is 1.84. The molecule has 4 rings (SSSR count). The van der Waals surface area contributed by atoms with E-state index in [1.165, 1.54) is 0 Å². The first-order chi connectivity index (χ1) is 13.9. The van der Waals surface area contributed by atoms with Crippen LogP contribution in [0.4, 0.5) is 5.82 Å². The predicted molar refractivity (Wildman–Crippen MR) is 113 cm³/mol. The van der Waals surface area contributed by atoms with Crippen molar-refractivity contribution < 1.29 is 4.79 Å². The highest BCUT2D eigenvalue weighted by molar-refractivity contribution is 6.33. The Bertz CT molecular complexity index is 1060. The number of aryl methyl sites for hydroxylation is 3. The summed E-state index contributed by atoms with van der Waals surface area (Å²) in [4.78, 5) is 26.0. The lowest BCUT2D eigenvalue weighted by Crippen LogP contribution is -2.49. The number of piperazine rings is 1. The number of rotatable bonds is 3. The van der Waals surface area contributed by atoms with Crippen molar-refractivity contribution in [2.45, 2.75) is 20.8 Å². The largest absolute Gasteiger partial charge is 0.353 e. The number of aromatic nitrogens is 4. The Morgan fingerprint density at radius 3 is 2.31 bits per heavy atom. The smallest absolute Gasteiger partial charge is 0.255 e. The molecule has 0 atom stereocenters. The van der Waals surface area contributed by atoms with Crippen LogP contribution in [0.15, 0.2) is 36.4 Å². The molecule has 3 aromatic rings. The number of carbonyl (C=O) groups excluding carboxylic acids is 1. The van der Waals surface area contributed by atoms with Gasteiger partial charge in [0.25, 0.3) is 5.91 Å². The van der Waals surface area contributed by atoms with Gasteiger partial charge in [0, 0.05) is 37.9 Å². The molecule has 1 fully saturated rings. The van der Waals surface area contributed by atoms with Crippen molar-refractivity contribution in [1.82, 2.24) is 24.6 Å². The number of amides is 1. The number of nitrogens with zero attached hydrogens (tertiary/aromatic N) is 6. The van der Waals surface area contributed by atoms with Gasteiger partial charge < -0.3 is 9.80 Å². The minimum absolute atomic E-state index is 0.0301. The van der Waals surface area contributed by atoms with Crippen LogP contribution in [0.3, 0.4) is 0 Å². The van der Waals surface area contributed by atoms with Crippen LogP contribution in [0.1, 0.15) is 27.6 Å². The molecule has 8 heteroatoms. The minimum atomic E-state index is -0.0301. The minimum Gasteiger partial charge on any atom is -0.353 e. The van der Waals surface area contributed by atoms with Crippen LogP contribution < -0.4 is 4.90 Å². The van der Waals surface area contributed by atoms with Gasteiger partial charge in [-0.2, -0.15) is 5.10 Å². The Balaban J connectivity index is 1.51. The van der Waals surface area contributed by atoms with Crippen molar-refractivity contribution in [3.63, 3.8) is 0 Å². The second kappa shape index (κ2) is 7.83. The molecule has 3 heterocycles. The quantitative estimate of drug-likeness (QED) is 0.663. The lowest BCUT2D eigenvalue weighted by Gasteiger charge is -2.35. The van der Waals surface area contributed by atoms with Crippen LogP contribution in [0.5, 0.6) is 0 Å². The van der Waals surface area contributed by atoms with E-state index < -0.39 is 0 Å². The molecule has 150 valence electrons. The Kier molecular flexibility index (Phi) is 5.24. The summed E-state index contributed by atoms with van der Waals surface area (Å²) >= 11 is 6.19. The molecule has 1 aliphatic heterocycles. The predicted octanol–water partition coefficient (Wildman–Crippen LogP) is 3.20. The molecule has 0 radical (unpaired) electrons. The molecular weight excluding hydrogens is 388 g/mol. The maximum atomic E-state index is 12.8. The normalized spacial score (nSPS) is 14.3. The van der Waals surface area contributed by atoms with Crippen molar-refractivity contribution in [1.29, 1.82) is 0 Å². The van der Waals surface area contributed by atoms with Crippen molar-refractivity contribution in [3.8, 4) is 5.82 Å². The highest BCUT2D eigenvalue weighted by atomic mass is 35.5. The Labute approximate surface area is 174 Å². The van der Waals surface area contributed by atoms with Crippen LogP contribution in [0, 0.1) is 20.8 Å². The number of anilines is 1. The number of halogens is 1. The third-order valence-electron chi connectivity index (χ3n) is 5.03. The zero-order valence-corrected chi connectivity index (χ0v) is 17.5. The molecule has 1 aromatic carbocycles. The van der Waals surface area contributed by atoms with Gasteiger partial charge in [-0.25, -0.2) is 14.6 Å². The number of carbonyl (C=O) groups is 1. The summed E-state index contributed by atoms with van der Waals surface area (Å²) in [5.41, 5.74) is 2.53. The number of hydrogen-bond acceptors (Lipinski definition) is 5. The molecular formula is C21H23ClN6O. The van der Waals surface area contributed by atoms with Crippen LogP contribution >= 0.6 is 11.6 Å². The lowest BCUT2D eigenvalue weighted by atomic mass is 10.2. The van der Waals surface area contributed by atoms with E-state index in [1.807, 2.05) is 54.6 Å². The Morgan fingerprint density at radius 2 is 1.66 bits per heavy atom. The standard InChI is InChI=1S/C21H23ClN6O/c1-14-12-15(2)28(25-14)20-13-19(23-16(3)24-20)26-8-10-27(11-9-26)21(29)17-6-4-5-7-18(17)22/h4-7,12-13H,8-11H2,1-3H3. The molecule has 7 nitrogen and oxygen atoms in total. The number of benzene rings is 1. The summed E-state index contributed by atoms with van der Waals surface area (Å²) in [6.45, 7) is 8.48. The van der Waals surface area contributed by atoms with Gasteiger partial charge in [0.2, 0.25) is 0 Å². The van der Waals surface area contributed by atoms with Crippen molar-refractivity contribution in [2.75, 3.05) is 31.1 Å². The molecule has 1 amide bonds. The van der Waals surface area contributed by atoms with E-state index in [9.17, 15) is 4.79 Å². The summed E-state index contributed by atoms with van der Waals surface area (Å²) in [6.07, 6.45) is 0. The maximum Gasteiger partial charge on any atom is 0.255 e. The molecule has 0 aliphatic carbocycles. The molecule has 0 spiro atoms. The van der Waals surface area contributed by atoms with Crippen molar-refractivity contribution in [3.05, 3.63) is 64.2 Å². The fraction of sp³-hybridized carbons (Fsp3) is 0.333. The summed E-state index contributed by atoms with van der Waals surface area (Å²) in [6, 6.07) is 11.2. The van der Waals surface area contributed by atoms with E-state index in [2.05, 4.69) is 20.0 Å². The molecule has 1 saturated heterocycles. The van der Waals surface area contributed by atoms with Gasteiger partial charge in [-0.05, 0) is 39.0 Å². The van der Waals surface area contributed by atoms with Gasteiger partial charge in [-0.1, -0.05) is 23.7 Å². The van der Waals surface area contributed by atoms with E-state index >= 15 is 0 Å². The highest BCUT2D eigenvalue weighted by Crippen LogP contribution is 2.21. The molecule has 29 heavy (non-hydrogen) atoms. The van der Waals surface area contributed by atoms with Crippen LogP contribution in [0.25, 0.3) is 5.82 Å². The summed E-state index contributed by atoms with van der Waals surface area (Å²) in [7, 11) is 0. The SMILES string of the molecule is Cc1cc(C)n(-c2cc(N3CCN(C(=O)c4ccccc4Cl)CC3)nc(C)n2)n1. The second-order valence-corrected chi connectivity index (χ2v) is 7.64. The first kappa shape index (κ1) is 19.4. The van der Waals surface area contributed by atoms with E-state index in [0.29, 0.717) is 42.6 Å². The van der Waals surface area contributed by atoms with Gasteiger partial charge in [0.15, 0.2) is 5.82 Å². The molecule has 2 aromatic heterocycles. The average Bonchev–Trinajstić information content (AvgIpc) is 3.05. The first-order valence-electron chi connectivity index (χ1n) is 9.60. The van der Waals surface area contributed by atoms with Crippen molar-refractivity contribution >= 4 is 23.3 Å². The van der Waals surface area contributed by atoms with Crippen LogP contribution in [-0.4, -0.2) is 56.7 Å². The molecule has 0 bridgehead atoms. The second-order valence-electron chi connectivity index (χ2n) is 7.23. The number of hydrogen-bond donors (Lipinski definition) is 0. The van der Waals surface area contributed by atoms with E-state index in [1.54, 1.807) is 12.1 Å². The fourth-order valence-corrected chi connectivity index (χ4v) is 3.83. The third-order valence-corrected chi connectivity index (χ3v) is 5.36. The van der Waals surface area contributed by atoms with Gasteiger partial charge in [0.1, 0.15) is 11.6 Å². The van der Waals surface area contributed by atoms with Gasteiger partial charge in [-0.3, -0.25) is 4.79 Å². The van der Waals surface area contributed by atoms with Crippen LogP contribution in [0.2, 0.25) is 5.02 Å². The Morgan fingerprint density at radius 1 is 0.966 bits per heavy atom. The zero-order chi connectivity index (χ0) is 20.5. The van der Waals surface area contributed by atoms with Gasteiger partial charge in [0.05, 0.1) is 16.3 Å². The third kappa shape index (κ3) is 3.96. The molecule has 1 aliphatic rings. The fourth-order valence-electron chi connectivity index (χ4n) is 3.61. The highest BCUT2D eigenvalue weighted by Gasteiger charge is 2.24. The topological polar surface area (TPSA) is 67.2 Å². The lowest BCUT2D eigenvalue weighted by molar-refractivity contribution is 0.0746. The average molecular weight is 411 g/mol. The van der Waals surface area contributed by atoms with E-state index in [0.717, 1.165) is 23.0 Å². The monoisotopic (exact) mass is 410 g/mol. The molecule has 0 unspecified atom stereocenters. The zero-order valence-electron chi connectivity index (χ0n) is 16.8. The summed E-state index contributed by atoms with van der Waals surface area (Å²) in [5, 5.41) is 5.01. The van der Waals surface area contributed by atoms with Gasteiger partial charge >= 0.3 is 0 Å². The molecule has 0 N–H and O–H groups in total. The van der Waals surface area contributed by atoms with Crippen molar-refractivity contribution in [2.24, 2.45) is 0 Å². The van der Waals surface area contributed by atoms with Crippen LogP contribution in [-0.2, 0) is 0 Å². The maximum absolute atomic E-state index is 12.8. The Hall–Kier alpha value is -2.93. The van der Waals surface area contributed by atoms with E-state index in [4.69, 9.17) is 11.6 Å². The summed E-state index contributed by atoms with van der Waals surface area (Å²) in [5.74, 6) is 2.27. The molecule has 0 saturated carbocycles. The van der Waals surface area contributed by atoms with E-state index in [-0.39, 0.29) is 5.91 Å². The first-order valence-corrected chi connectivity index (χ1v) is 9.98.